The minimum atomic E-state index is -0.0812. The summed E-state index contributed by atoms with van der Waals surface area (Å²) >= 11 is 1.52. The quantitative estimate of drug-likeness (QED) is 0.759. The summed E-state index contributed by atoms with van der Waals surface area (Å²) in [6.45, 7) is 1.62. The summed E-state index contributed by atoms with van der Waals surface area (Å²) in [4.78, 5) is 7.26. The lowest BCUT2D eigenvalue weighted by molar-refractivity contribution is 0.202. The van der Waals surface area contributed by atoms with E-state index in [1.165, 1.54) is 11.3 Å². The molecule has 100 valence electrons. The summed E-state index contributed by atoms with van der Waals surface area (Å²) in [5, 5.41) is 20.5. The highest BCUT2D eigenvalue weighted by molar-refractivity contribution is 7.15. The van der Waals surface area contributed by atoms with E-state index in [2.05, 4.69) is 4.98 Å². The number of fused-ring (bicyclic) bond motifs is 1. The van der Waals surface area contributed by atoms with Gasteiger partial charge >= 0.3 is 0 Å². The van der Waals surface area contributed by atoms with Crippen molar-refractivity contribution in [3.8, 4) is 0 Å². The van der Waals surface area contributed by atoms with Crippen LogP contribution in [0.1, 0.15) is 5.69 Å². The molecule has 2 N–H and O–H groups in total. The van der Waals surface area contributed by atoms with Crippen LogP contribution in [0.4, 0.5) is 5.82 Å². The molecule has 0 spiro atoms. The lowest BCUT2D eigenvalue weighted by atomic mass is 10.4. The van der Waals surface area contributed by atoms with Crippen LogP contribution in [0.15, 0.2) is 11.6 Å². The number of thiazole rings is 1. The number of anilines is 1. The summed E-state index contributed by atoms with van der Waals surface area (Å²) in [6.07, 6.45) is 1.88. The Bertz CT molecular complexity index is 497. The van der Waals surface area contributed by atoms with Gasteiger partial charge in [-0.05, 0) is 0 Å². The first-order valence-corrected chi connectivity index (χ1v) is 6.59. The van der Waals surface area contributed by atoms with E-state index >= 15 is 0 Å². The van der Waals surface area contributed by atoms with Gasteiger partial charge in [-0.25, -0.2) is 4.98 Å². The molecule has 0 radical (unpaired) electrons. The van der Waals surface area contributed by atoms with E-state index in [0.29, 0.717) is 19.7 Å². The molecule has 6 nitrogen and oxygen atoms in total. The molecule has 0 unspecified atom stereocenters. The Balaban J connectivity index is 2.32. The van der Waals surface area contributed by atoms with E-state index in [-0.39, 0.29) is 13.2 Å². The van der Waals surface area contributed by atoms with E-state index in [1.54, 1.807) is 7.11 Å². The van der Waals surface area contributed by atoms with E-state index in [4.69, 9.17) is 9.84 Å². The minimum Gasteiger partial charge on any atom is -0.395 e. The van der Waals surface area contributed by atoms with Gasteiger partial charge in [-0.1, -0.05) is 0 Å². The van der Waals surface area contributed by atoms with Crippen LogP contribution in [0.25, 0.3) is 4.96 Å². The molecule has 0 saturated heterocycles. The van der Waals surface area contributed by atoms with E-state index < -0.39 is 0 Å². The fraction of sp³-hybridized carbons (Fsp3) is 0.545. The Labute approximate surface area is 109 Å². The number of ether oxygens (including phenoxy) is 1. The van der Waals surface area contributed by atoms with Crippen LogP contribution in [0.3, 0.4) is 0 Å². The van der Waals surface area contributed by atoms with Gasteiger partial charge in [0, 0.05) is 31.8 Å². The van der Waals surface area contributed by atoms with Gasteiger partial charge in [-0.2, -0.15) is 0 Å². The molecule has 2 rings (SSSR count). The van der Waals surface area contributed by atoms with Gasteiger partial charge in [0.1, 0.15) is 0 Å². The molecule has 0 bridgehead atoms. The summed E-state index contributed by atoms with van der Waals surface area (Å²) in [7, 11) is 1.63. The van der Waals surface area contributed by atoms with Crippen molar-refractivity contribution in [3.63, 3.8) is 0 Å². The van der Waals surface area contributed by atoms with Crippen molar-refractivity contribution in [2.45, 2.75) is 6.61 Å². The maximum atomic E-state index is 9.49. The number of rotatable bonds is 7. The zero-order chi connectivity index (χ0) is 13.0. The lowest BCUT2D eigenvalue weighted by Crippen LogP contribution is -2.31. The topological polar surface area (TPSA) is 70.2 Å². The van der Waals surface area contributed by atoms with Gasteiger partial charge in [0.05, 0.1) is 25.5 Å². The van der Waals surface area contributed by atoms with E-state index in [9.17, 15) is 5.11 Å². The molecular formula is C11H17N3O3S. The molecule has 0 amide bonds. The second kappa shape index (κ2) is 6.14. The molecule has 7 heteroatoms. The number of imidazole rings is 1. The predicted molar refractivity (Wildman–Crippen MR) is 70.2 cm³/mol. The van der Waals surface area contributed by atoms with E-state index in [1.807, 2.05) is 20.9 Å². The molecule has 0 aliphatic rings. The molecular weight excluding hydrogens is 254 g/mol. The maximum absolute atomic E-state index is 9.49. The summed E-state index contributed by atoms with van der Waals surface area (Å²) in [6, 6.07) is 0. The van der Waals surface area contributed by atoms with Crippen molar-refractivity contribution in [3.05, 3.63) is 17.3 Å². The van der Waals surface area contributed by atoms with Gasteiger partial charge < -0.3 is 19.8 Å². The fourth-order valence-corrected chi connectivity index (χ4v) is 2.60. The Hall–Kier alpha value is -1.15. The number of aromatic nitrogens is 2. The molecule has 2 heterocycles. The zero-order valence-electron chi connectivity index (χ0n) is 10.2. The summed E-state index contributed by atoms with van der Waals surface area (Å²) in [5.41, 5.74) is 0.746. The SMILES string of the molecule is COCCN(CCO)c1nc2sccn2c1CO. The number of aliphatic hydroxyl groups is 2. The molecule has 0 fully saturated rings. The second-order valence-electron chi connectivity index (χ2n) is 3.80. The monoisotopic (exact) mass is 271 g/mol. The van der Waals surface area contributed by atoms with Crippen LogP contribution in [0, 0.1) is 0 Å². The van der Waals surface area contributed by atoms with Gasteiger partial charge in [0.2, 0.25) is 0 Å². The first-order valence-electron chi connectivity index (χ1n) is 5.71. The standard InChI is InChI=1S/C11H17N3O3S/c1-17-6-3-13(2-5-15)10-9(8-16)14-4-7-18-11(14)12-10/h4,7,15-16H,2-3,5-6,8H2,1H3. The molecule has 18 heavy (non-hydrogen) atoms. The van der Waals surface area contributed by atoms with Crippen molar-refractivity contribution in [2.24, 2.45) is 0 Å². The molecule has 2 aromatic rings. The first kappa shape index (κ1) is 13.3. The van der Waals surface area contributed by atoms with Gasteiger partial charge in [0.25, 0.3) is 0 Å². The number of nitrogens with zero attached hydrogens (tertiary/aromatic N) is 3. The lowest BCUT2D eigenvalue weighted by Gasteiger charge is -2.22. The second-order valence-corrected chi connectivity index (χ2v) is 4.67. The molecule has 0 aromatic carbocycles. The number of hydrogen-bond donors (Lipinski definition) is 2. The fourth-order valence-electron chi connectivity index (χ4n) is 1.87. The van der Waals surface area contributed by atoms with Crippen molar-refractivity contribution in [1.29, 1.82) is 0 Å². The molecule has 2 aromatic heterocycles. The zero-order valence-corrected chi connectivity index (χ0v) is 11.1. The Morgan fingerprint density at radius 3 is 2.94 bits per heavy atom. The summed E-state index contributed by atoms with van der Waals surface area (Å²) < 4.78 is 6.92. The van der Waals surface area contributed by atoms with Crippen LogP contribution in [-0.2, 0) is 11.3 Å². The predicted octanol–water partition coefficient (Wildman–Crippen LogP) is 0.333. The smallest absolute Gasteiger partial charge is 0.195 e. The first-order chi connectivity index (χ1) is 8.81. The Morgan fingerprint density at radius 1 is 1.44 bits per heavy atom. The maximum Gasteiger partial charge on any atom is 0.195 e. The third-order valence-electron chi connectivity index (χ3n) is 2.72. The highest BCUT2D eigenvalue weighted by atomic mass is 32.1. The van der Waals surface area contributed by atoms with Crippen molar-refractivity contribution in [2.75, 3.05) is 38.3 Å². The molecule has 0 saturated carbocycles. The molecule has 0 atom stereocenters. The largest absolute Gasteiger partial charge is 0.395 e. The normalized spacial score (nSPS) is 11.3. The van der Waals surface area contributed by atoms with Crippen LogP contribution in [0.5, 0.6) is 0 Å². The summed E-state index contributed by atoms with van der Waals surface area (Å²) in [5.74, 6) is 0.718. The highest BCUT2D eigenvalue weighted by Gasteiger charge is 2.17. The average Bonchev–Trinajstić information content (AvgIpc) is 2.94. The minimum absolute atomic E-state index is 0.0414. The highest BCUT2D eigenvalue weighted by Crippen LogP contribution is 2.24. The number of hydrogen-bond acceptors (Lipinski definition) is 6. The van der Waals surface area contributed by atoms with Crippen molar-refractivity contribution < 1.29 is 14.9 Å². The van der Waals surface area contributed by atoms with Crippen LogP contribution in [-0.4, -0.2) is 53.0 Å². The Kier molecular flexibility index (Phi) is 4.54. The third kappa shape index (κ3) is 2.49. The van der Waals surface area contributed by atoms with Gasteiger partial charge in [0.15, 0.2) is 10.8 Å². The van der Waals surface area contributed by atoms with Crippen LogP contribution < -0.4 is 4.90 Å². The van der Waals surface area contributed by atoms with Gasteiger partial charge in [-0.3, -0.25) is 4.40 Å². The number of methoxy groups -OCH3 is 1. The van der Waals surface area contributed by atoms with Gasteiger partial charge in [-0.15, -0.1) is 11.3 Å². The average molecular weight is 271 g/mol. The van der Waals surface area contributed by atoms with E-state index in [0.717, 1.165) is 16.5 Å². The van der Waals surface area contributed by atoms with Crippen LogP contribution >= 0.6 is 11.3 Å². The van der Waals surface area contributed by atoms with Crippen LogP contribution in [0.2, 0.25) is 0 Å². The molecule has 0 aliphatic carbocycles. The molecule has 0 aliphatic heterocycles. The van der Waals surface area contributed by atoms with Crippen molar-refractivity contribution >= 4 is 22.1 Å². The third-order valence-corrected chi connectivity index (χ3v) is 3.48. The van der Waals surface area contributed by atoms with Crippen molar-refractivity contribution in [1.82, 2.24) is 9.38 Å². The Morgan fingerprint density at radius 2 is 2.28 bits per heavy atom. The number of aliphatic hydroxyl groups excluding tert-OH is 2.